The fourth-order valence-corrected chi connectivity index (χ4v) is 2.97. The molecule has 2 nitrogen and oxygen atoms in total. The normalized spacial score (nSPS) is 10.8. The largest absolute Gasteiger partial charge is 0.398 e. The molecule has 0 aromatic heterocycles. The van der Waals surface area contributed by atoms with Crippen LogP contribution in [0.4, 0.5) is 11.4 Å². The van der Waals surface area contributed by atoms with Gasteiger partial charge in [0.15, 0.2) is 0 Å². The zero-order valence-electron chi connectivity index (χ0n) is 11.9. The van der Waals surface area contributed by atoms with E-state index in [1.54, 1.807) is 0 Å². The number of nitrogens with two attached hydrogens (primary N) is 1. The van der Waals surface area contributed by atoms with Crippen LogP contribution in [0.1, 0.15) is 11.1 Å². The summed E-state index contributed by atoms with van der Waals surface area (Å²) in [5, 5.41) is 6.04. The Morgan fingerprint density at radius 2 is 1.81 bits per heavy atom. The maximum Gasteiger partial charge on any atom is 0.0491 e. The molecule has 106 valence electrons. The predicted octanol–water partition coefficient (Wildman–Crippen LogP) is 5.11. The number of rotatable bonds is 3. The van der Waals surface area contributed by atoms with Gasteiger partial charge in [-0.05, 0) is 56.9 Å². The van der Waals surface area contributed by atoms with Crippen molar-refractivity contribution in [3.8, 4) is 0 Å². The van der Waals surface area contributed by atoms with Gasteiger partial charge in [0.1, 0.15) is 0 Å². The lowest BCUT2D eigenvalue weighted by atomic mass is 10.0. The van der Waals surface area contributed by atoms with Crippen LogP contribution in [-0.2, 0) is 6.54 Å². The Hall–Kier alpha value is -2.00. The summed E-state index contributed by atoms with van der Waals surface area (Å²) in [4.78, 5) is 0. The standard InChI is InChI=1S/C18H17BrN2/c1-12-9-18(16(19)10-17(12)20)21-11-14-7-4-6-13-5-2-3-8-15(13)14/h2-10,21H,11,20H2,1H3. The minimum absolute atomic E-state index is 0.781. The van der Waals surface area contributed by atoms with Crippen LogP contribution < -0.4 is 11.1 Å². The minimum Gasteiger partial charge on any atom is -0.398 e. The first kappa shape index (κ1) is 14.0. The van der Waals surface area contributed by atoms with Crippen molar-refractivity contribution in [1.29, 1.82) is 0 Å². The van der Waals surface area contributed by atoms with Crippen LogP contribution in [0.3, 0.4) is 0 Å². The molecule has 0 aliphatic heterocycles. The summed E-state index contributed by atoms with van der Waals surface area (Å²) in [6.45, 7) is 2.80. The number of nitrogens with one attached hydrogen (secondary N) is 1. The lowest BCUT2D eigenvalue weighted by molar-refractivity contribution is 1.16. The van der Waals surface area contributed by atoms with E-state index in [2.05, 4.69) is 69.8 Å². The van der Waals surface area contributed by atoms with Gasteiger partial charge in [-0.2, -0.15) is 0 Å². The van der Waals surface area contributed by atoms with E-state index in [4.69, 9.17) is 5.73 Å². The fraction of sp³-hybridized carbons (Fsp3) is 0.111. The highest BCUT2D eigenvalue weighted by Gasteiger charge is 2.05. The first-order chi connectivity index (χ1) is 10.1. The first-order valence-electron chi connectivity index (χ1n) is 6.91. The van der Waals surface area contributed by atoms with Crippen LogP contribution >= 0.6 is 15.9 Å². The van der Waals surface area contributed by atoms with Crippen molar-refractivity contribution in [2.75, 3.05) is 11.1 Å². The Balaban J connectivity index is 1.89. The van der Waals surface area contributed by atoms with Gasteiger partial charge in [0.25, 0.3) is 0 Å². The SMILES string of the molecule is Cc1cc(NCc2cccc3ccccc23)c(Br)cc1N. The topological polar surface area (TPSA) is 38.0 Å². The Kier molecular flexibility index (Phi) is 3.84. The number of fused-ring (bicyclic) bond motifs is 1. The van der Waals surface area contributed by atoms with Crippen molar-refractivity contribution in [2.24, 2.45) is 0 Å². The number of halogens is 1. The van der Waals surface area contributed by atoms with Crippen LogP contribution in [0.2, 0.25) is 0 Å². The smallest absolute Gasteiger partial charge is 0.0491 e. The molecule has 3 aromatic carbocycles. The average molecular weight is 341 g/mol. The van der Waals surface area contributed by atoms with Crippen LogP contribution in [-0.4, -0.2) is 0 Å². The van der Waals surface area contributed by atoms with E-state index in [0.29, 0.717) is 0 Å². The van der Waals surface area contributed by atoms with Crippen LogP contribution in [0, 0.1) is 6.92 Å². The summed E-state index contributed by atoms with van der Waals surface area (Å²) in [6.07, 6.45) is 0. The second kappa shape index (κ2) is 5.78. The van der Waals surface area contributed by atoms with Gasteiger partial charge in [-0.3, -0.25) is 0 Å². The third-order valence-corrected chi connectivity index (χ3v) is 4.36. The Bertz CT molecular complexity index is 791. The van der Waals surface area contributed by atoms with Crippen molar-refractivity contribution < 1.29 is 0 Å². The third kappa shape index (κ3) is 2.88. The van der Waals surface area contributed by atoms with Gasteiger partial charge in [0.05, 0.1) is 0 Å². The molecule has 3 aromatic rings. The molecular weight excluding hydrogens is 324 g/mol. The molecule has 0 aliphatic carbocycles. The molecule has 0 unspecified atom stereocenters. The molecule has 21 heavy (non-hydrogen) atoms. The second-order valence-electron chi connectivity index (χ2n) is 5.18. The van der Waals surface area contributed by atoms with Crippen molar-refractivity contribution >= 4 is 38.1 Å². The van der Waals surface area contributed by atoms with E-state index in [0.717, 1.165) is 28.0 Å². The molecule has 0 saturated carbocycles. The van der Waals surface area contributed by atoms with Crippen LogP contribution in [0.25, 0.3) is 10.8 Å². The van der Waals surface area contributed by atoms with E-state index in [1.165, 1.54) is 16.3 Å². The average Bonchev–Trinajstić information content (AvgIpc) is 2.49. The molecule has 0 fully saturated rings. The van der Waals surface area contributed by atoms with E-state index >= 15 is 0 Å². The number of nitrogen functional groups attached to an aromatic ring is 1. The Labute approximate surface area is 133 Å². The van der Waals surface area contributed by atoms with E-state index < -0.39 is 0 Å². The van der Waals surface area contributed by atoms with Gasteiger partial charge in [-0.25, -0.2) is 0 Å². The highest BCUT2D eigenvalue weighted by molar-refractivity contribution is 9.10. The lowest BCUT2D eigenvalue weighted by Crippen LogP contribution is -2.02. The maximum absolute atomic E-state index is 5.91. The van der Waals surface area contributed by atoms with Gasteiger partial charge in [-0.1, -0.05) is 42.5 Å². The molecule has 3 rings (SSSR count). The number of anilines is 2. The van der Waals surface area contributed by atoms with E-state index in [1.807, 2.05) is 13.0 Å². The van der Waals surface area contributed by atoms with Crippen molar-refractivity contribution in [1.82, 2.24) is 0 Å². The number of hydrogen-bond donors (Lipinski definition) is 2. The van der Waals surface area contributed by atoms with Gasteiger partial charge >= 0.3 is 0 Å². The van der Waals surface area contributed by atoms with E-state index in [9.17, 15) is 0 Å². The quantitative estimate of drug-likeness (QED) is 0.650. The monoisotopic (exact) mass is 340 g/mol. The van der Waals surface area contributed by atoms with Crippen LogP contribution in [0.15, 0.2) is 59.1 Å². The summed E-state index contributed by atoms with van der Waals surface area (Å²) in [5.41, 5.74) is 10.1. The van der Waals surface area contributed by atoms with Gasteiger partial charge in [0, 0.05) is 22.4 Å². The highest BCUT2D eigenvalue weighted by Crippen LogP contribution is 2.28. The number of hydrogen-bond acceptors (Lipinski definition) is 2. The molecule has 0 aliphatic rings. The first-order valence-corrected chi connectivity index (χ1v) is 7.70. The predicted molar refractivity (Wildman–Crippen MR) is 94.6 cm³/mol. The van der Waals surface area contributed by atoms with Crippen molar-refractivity contribution in [3.05, 3.63) is 70.2 Å². The number of benzene rings is 3. The molecule has 0 atom stereocenters. The summed E-state index contributed by atoms with van der Waals surface area (Å²) in [7, 11) is 0. The summed E-state index contributed by atoms with van der Waals surface area (Å²) in [5.74, 6) is 0. The molecule has 0 spiro atoms. The molecule has 3 heteroatoms. The second-order valence-corrected chi connectivity index (χ2v) is 6.03. The molecule has 3 N–H and O–H groups in total. The molecule has 0 amide bonds. The zero-order valence-corrected chi connectivity index (χ0v) is 13.4. The maximum atomic E-state index is 5.91. The van der Waals surface area contributed by atoms with Crippen LogP contribution in [0.5, 0.6) is 0 Å². The number of aryl methyl sites for hydroxylation is 1. The fourth-order valence-electron chi connectivity index (χ4n) is 2.47. The van der Waals surface area contributed by atoms with E-state index in [-0.39, 0.29) is 0 Å². The highest BCUT2D eigenvalue weighted by atomic mass is 79.9. The molecule has 0 heterocycles. The van der Waals surface area contributed by atoms with Gasteiger partial charge in [-0.15, -0.1) is 0 Å². The molecular formula is C18H17BrN2. The lowest BCUT2D eigenvalue weighted by Gasteiger charge is -2.13. The third-order valence-electron chi connectivity index (χ3n) is 3.70. The molecule has 0 saturated heterocycles. The van der Waals surface area contributed by atoms with Crippen molar-refractivity contribution in [3.63, 3.8) is 0 Å². The molecule has 0 bridgehead atoms. The minimum atomic E-state index is 0.781. The zero-order chi connectivity index (χ0) is 14.8. The van der Waals surface area contributed by atoms with Gasteiger partial charge in [0.2, 0.25) is 0 Å². The summed E-state index contributed by atoms with van der Waals surface area (Å²) < 4.78 is 0.992. The van der Waals surface area contributed by atoms with Crippen molar-refractivity contribution in [2.45, 2.75) is 13.5 Å². The summed E-state index contributed by atoms with van der Waals surface area (Å²) in [6, 6.07) is 18.9. The summed E-state index contributed by atoms with van der Waals surface area (Å²) >= 11 is 3.56. The Morgan fingerprint density at radius 1 is 1.05 bits per heavy atom. The molecule has 0 radical (unpaired) electrons. The van der Waals surface area contributed by atoms with Gasteiger partial charge < -0.3 is 11.1 Å². The Morgan fingerprint density at radius 3 is 2.67 bits per heavy atom.